The summed E-state index contributed by atoms with van der Waals surface area (Å²) in [4.78, 5) is 46.1. The van der Waals surface area contributed by atoms with Gasteiger partial charge in [-0.2, -0.15) is 0 Å². The van der Waals surface area contributed by atoms with E-state index in [1.165, 1.54) is 29.8 Å². The lowest BCUT2D eigenvalue weighted by Crippen LogP contribution is -2.71. The van der Waals surface area contributed by atoms with Gasteiger partial charge in [-0.3, -0.25) is 14.5 Å². The van der Waals surface area contributed by atoms with E-state index in [4.69, 9.17) is 5.73 Å². The number of aromatic nitrogens is 1. The highest BCUT2D eigenvalue weighted by atomic mass is 35.5. The van der Waals surface area contributed by atoms with Crippen molar-refractivity contribution in [2.45, 2.75) is 23.6 Å². The zero-order valence-electron chi connectivity index (χ0n) is 14.1. The van der Waals surface area contributed by atoms with E-state index < -0.39 is 29.2 Å². The first-order valence-corrected chi connectivity index (χ1v) is 9.22. The molecule has 27 heavy (non-hydrogen) atoms. The van der Waals surface area contributed by atoms with E-state index in [1.807, 2.05) is 6.92 Å². The van der Waals surface area contributed by atoms with E-state index in [9.17, 15) is 19.5 Å². The van der Waals surface area contributed by atoms with Gasteiger partial charge < -0.3 is 21.0 Å². The number of anilines is 1. The fourth-order valence-corrected chi connectivity index (χ4v) is 4.51. The highest BCUT2D eigenvalue weighted by molar-refractivity contribution is 8.00. The molecule has 3 heterocycles. The molecule has 10 nitrogen and oxygen atoms in total. The fourth-order valence-electron chi connectivity index (χ4n) is 2.63. The third kappa shape index (κ3) is 3.87. The molecule has 2 amide bonds. The molecule has 0 spiro atoms. The molecule has 0 bridgehead atoms. The molecule has 0 radical (unpaired) electrons. The summed E-state index contributed by atoms with van der Waals surface area (Å²) in [6.07, 6.45) is 1.51. The van der Waals surface area contributed by atoms with Gasteiger partial charge in [-0.15, -0.1) is 35.5 Å². The van der Waals surface area contributed by atoms with E-state index in [0.29, 0.717) is 0 Å². The van der Waals surface area contributed by atoms with Gasteiger partial charge in [-0.1, -0.05) is 5.16 Å². The number of carbonyl (C=O) groups is 3. The number of nitrogens with zero attached hydrogens (tertiary/aromatic N) is 3. The second-order valence-corrected chi connectivity index (χ2v) is 7.83. The zero-order chi connectivity index (χ0) is 19.0. The summed E-state index contributed by atoms with van der Waals surface area (Å²) in [6.45, 7) is 1.82. The van der Waals surface area contributed by atoms with Crippen molar-refractivity contribution in [1.82, 2.24) is 15.2 Å². The molecule has 4 N–H and O–H groups in total. The van der Waals surface area contributed by atoms with Crippen LogP contribution in [0.5, 0.6) is 0 Å². The molecule has 0 aliphatic carbocycles. The first-order valence-electron chi connectivity index (χ1n) is 7.40. The Morgan fingerprint density at radius 1 is 1.48 bits per heavy atom. The number of halogens is 1. The van der Waals surface area contributed by atoms with Crippen molar-refractivity contribution in [3.63, 3.8) is 0 Å². The molecule has 3 atom stereocenters. The maximum absolute atomic E-state index is 12.6. The average molecular weight is 434 g/mol. The normalized spacial score (nSPS) is 24.1. The average Bonchev–Trinajstić information content (AvgIpc) is 3.02. The maximum atomic E-state index is 12.6. The summed E-state index contributed by atoms with van der Waals surface area (Å²) >= 11 is 2.52. The molecular formula is C14H16ClN5O5S2. The number of nitrogens with two attached hydrogens (primary N) is 1. The van der Waals surface area contributed by atoms with E-state index >= 15 is 0 Å². The molecule has 13 heteroatoms. The third-order valence-electron chi connectivity index (χ3n) is 3.72. The number of thioether (sulfide) groups is 1. The van der Waals surface area contributed by atoms with E-state index in [1.54, 1.807) is 5.38 Å². The summed E-state index contributed by atoms with van der Waals surface area (Å²) in [7, 11) is 1.28. The van der Waals surface area contributed by atoms with Gasteiger partial charge in [0.05, 0.1) is 0 Å². The standard InChI is InChI=1S/C14H15N5O5S2.ClH/c1-5-3-7(13(22)23)19-11(21)9(12(19)26-5)17-10(20)8(18-24-2)6-4-25-14(15)16-6;/h3-5,9,12H,1-2H3,(H2,15,16)(H,17,20)(H,22,23);1H/t5?,9?,12-;/m0./s1. The molecule has 1 aromatic heterocycles. The molecule has 2 aliphatic heterocycles. The van der Waals surface area contributed by atoms with Crippen LogP contribution >= 0.6 is 35.5 Å². The number of aliphatic carboxylic acids is 1. The van der Waals surface area contributed by atoms with Crippen molar-refractivity contribution < 1.29 is 24.3 Å². The molecule has 2 unspecified atom stereocenters. The lowest BCUT2D eigenvalue weighted by Gasteiger charge is -2.49. The van der Waals surface area contributed by atoms with Crippen LogP contribution in [0.3, 0.4) is 0 Å². The second kappa shape index (κ2) is 8.15. The van der Waals surface area contributed by atoms with Crippen LogP contribution < -0.4 is 11.1 Å². The molecule has 0 aromatic carbocycles. The molecule has 146 valence electrons. The lowest BCUT2D eigenvalue weighted by atomic mass is 10.0. The van der Waals surface area contributed by atoms with Crippen LogP contribution in [0.25, 0.3) is 0 Å². The monoisotopic (exact) mass is 433 g/mol. The number of nitrogens with one attached hydrogen (secondary N) is 1. The van der Waals surface area contributed by atoms with Crippen molar-refractivity contribution in [2.75, 3.05) is 12.8 Å². The number of β-lactam (4-membered cyclic amide) rings is 1. The summed E-state index contributed by atoms with van der Waals surface area (Å²) in [5.41, 5.74) is 5.61. The van der Waals surface area contributed by atoms with Crippen molar-refractivity contribution in [1.29, 1.82) is 0 Å². The maximum Gasteiger partial charge on any atom is 0.352 e. The Balaban J connectivity index is 0.00000261. The van der Waals surface area contributed by atoms with Crippen molar-refractivity contribution in [3.05, 3.63) is 22.8 Å². The minimum Gasteiger partial charge on any atom is -0.477 e. The molecule has 1 aromatic rings. The van der Waals surface area contributed by atoms with E-state index in [0.717, 1.165) is 11.3 Å². The highest BCUT2D eigenvalue weighted by Gasteiger charge is 2.54. The van der Waals surface area contributed by atoms with Gasteiger partial charge in [-0.25, -0.2) is 9.78 Å². The summed E-state index contributed by atoms with van der Waals surface area (Å²) < 4.78 is 0. The summed E-state index contributed by atoms with van der Waals surface area (Å²) in [6, 6.07) is -0.865. The number of nitrogen functional groups attached to an aromatic ring is 1. The molecular weight excluding hydrogens is 418 g/mol. The number of carboxylic acid groups (broad SMARTS) is 1. The van der Waals surface area contributed by atoms with Crippen LogP contribution in [0.15, 0.2) is 22.3 Å². The van der Waals surface area contributed by atoms with Gasteiger partial charge >= 0.3 is 5.97 Å². The van der Waals surface area contributed by atoms with Gasteiger partial charge in [0, 0.05) is 10.6 Å². The van der Waals surface area contributed by atoms with Gasteiger partial charge in [-0.05, 0) is 13.0 Å². The van der Waals surface area contributed by atoms with Crippen LogP contribution in [0.1, 0.15) is 12.6 Å². The van der Waals surface area contributed by atoms with Crippen LogP contribution in [-0.2, 0) is 19.2 Å². The predicted octanol–water partition coefficient (Wildman–Crippen LogP) is 0.255. The Morgan fingerprint density at radius 3 is 2.74 bits per heavy atom. The third-order valence-corrected chi connectivity index (χ3v) is 5.72. The first-order chi connectivity index (χ1) is 12.3. The fraction of sp³-hybridized carbons (Fsp3) is 0.357. The number of hydrogen-bond acceptors (Lipinski definition) is 9. The molecule has 1 fully saturated rings. The highest BCUT2D eigenvalue weighted by Crippen LogP contribution is 2.40. The topological polar surface area (TPSA) is 147 Å². The number of hydrogen-bond donors (Lipinski definition) is 3. The number of rotatable bonds is 5. The smallest absolute Gasteiger partial charge is 0.352 e. The Bertz CT molecular complexity index is 842. The van der Waals surface area contributed by atoms with Crippen LogP contribution in [-0.4, -0.2) is 62.3 Å². The molecule has 1 saturated heterocycles. The molecule has 0 saturated carbocycles. The van der Waals surface area contributed by atoms with Crippen molar-refractivity contribution >= 4 is 64.1 Å². The summed E-state index contributed by atoms with van der Waals surface area (Å²) in [5, 5.41) is 16.7. The molecule has 3 rings (SSSR count). The van der Waals surface area contributed by atoms with Crippen LogP contribution in [0, 0.1) is 0 Å². The number of carboxylic acids is 1. The van der Waals surface area contributed by atoms with Crippen LogP contribution in [0.4, 0.5) is 5.13 Å². The largest absolute Gasteiger partial charge is 0.477 e. The van der Waals surface area contributed by atoms with Crippen molar-refractivity contribution in [2.24, 2.45) is 5.16 Å². The number of thiazole rings is 1. The Morgan fingerprint density at radius 2 is 2.19 bits per heavy atom. The van der Waals surface area contributed by atoms with Gasteiger partial charge in [0.25, 0.3) is 11.8 Å². The van der Waals surface area contributed by atoms with E-state index in [2.05, 4.69) is 20.3 Å². The van der Waals surface area contributed by atoms with Gasteiger partial charge in [0.15, 0.2) is 10.8 Å². The van der Waals surface area contributed by atoms with Crippen molar-refractivity contribution in [3.8, 4) is 0 Å². The first kappa shape index (κ1) is 21.0. The number of oxime groups is 1. The number of amides is 2. The van der Waals surface area contributed by atoms with Gasteiger partial charge in [0.2, 0.25) is 0 Å². The van der Waals surface area contributed by atoms with Gasteiger partial charge in [0.1, 0.15) is 29.9 Å². The Hall–Kier alpha value is -2.31. The van der Waals surface area contributed by atoms with Crippen LogP contribution in [0.2, 0.25) is 0 Å². The Kier molecular flexibility index (Phi) is 6.34. The lowest BCUT2D eigenvalue weighted by molar-refractivity contribution is -0.150. The number of fused-ring (bicyclic) bond motifs is 1. The second-order valence-electron chi connectivity index (χ2n) is 5.44. The quantitative estimate of drug-likeness (QED) is 0.340. The summed E-state index contributed by atoms with van der Waals surface area (Å²) in [5.74, 6) is -2.33. The Labute approximate surface area is 168 Å². The zero-order valence-corrected chi connectivity index (χ0v) is 16.6. The number of carbonyl (C=O) groups excluding carboxylic acids is 2. The molecule has 2 aliphatic rings. The predicted molar refractivity (Wildman–Crippen MR) is 103 cm³/mol. The minimum absolute atomic E-state index is 0. The minimum atomic E-state index is -1.18. The van der Waals surface area contributed by atoms with E-state index in [-0.39, 0.29) is 39.9 Å². The SMILES string of the molecule is CON=C(C(=O)NC1C(=O)N2C(C(=O)O)=CC(C)S[C@@H]12)c1csc(N)n1.Cl.